The minimum atomic E-state index is -4.90. The van der Waals surface area contributed by atoms with E-state index in [4.69, 9.17) is 5.73 Å². The minimum absolute atomic E-state index is 0.591. The highest BCUT2D eigenvalue weighted by atomic mass is 19.4. The third-order valence-electron chi connectivity index (χ3n) is 1.78. The molecule has 0 amide bonds. The summed E-state index contributed by atoms with van der Waals surface area (Å²) in [6, 6.07) is 2.59. The van der Waals surface area contributed by atoms with Gasteiger partial charge >= 0.3 is 6.18 Å². The quantitative estimate of drug-likeness (QED) is 0.613. The van der Waals surface area contributed by atoms with E-state index in [-0.39, 0.29) is 0 Å². The molecule has 0 fully saturated rings. The van der Waals surface area contributed by atoms with E-state index >= 15 is 0 Å². The summed E-state index contributed by atoms with van der Waals surface area (Å²) in [5, 5.41) is 0. The minimum Gasteiger partial charge on any atom is -0.324 e. The fourth-order valence-corrected chi connectivity index (χ4v) is 1.15. The third-order valence-corrected chi connectivity index (χ3v) is 1.78. The number of ketones is 1. The van der Waals surface area contributed by atoms with Gasteiger partial charge in [-0.3, -0.25) is 4.79 Å². The van der Waals surface area contributed by atoms with Crippen LogP contribution in [0.2, 0.25) is 0 Å². The zero-order valence-corrected chi connectivity index (χ0v) is 7.44. The first-order chi connectivity index (χ1) is 6.88. The fourth-order valence-electron chi connectivity index (χ4n) is 1.15. The molecule has 0 spiro atoms. The Morgan fingerprint density at radius 2 is 1.93 bits per heavy atom. The van der Waals surface area contributed by atoms with Crippen molar-refractivity contribution in [2.24, 2.45) is 5.73 Å². The van der Waals surface area contributed by atoms with Crippen molar-refractivity contribution < 1.29 is 22.4 Å². The van der Waals surface area contributed by atoms with Gasteiger partial charge in [-0.05, 0) is 6.07 Å². The molecule has 1 aromatic rings. The number of rotatable bonds is 2. The van der Waals surface area contributed by atoms with Crippen LogP contribution in [0.25, 0.3) is 0 Å². The average molecular weight is 221 g/mol. The van der Waals surface area contributed by atoms with Crippen molar-refractivity contribution in [3.8, 4) is 0 Å². The van der Waals surface area contributed by atoms with E-state index in [1.165, 1.54) is 0 Å². The predicted molar refractivity (Wildman–Crippen MR) is 44.8 cm³/mol. The molecule has 0 unspecified atom stereocenters. The first-order valence-corrected chi connectivity index (χ1v) is 3.97. The van der Waals surface area contributed by atoms with E-state index < -0.39 is 35.4 Å². The van der Waals surface area contributed by atoms with Gasteiger partial charge in [-0.1, -0.05) is 12.1 Å². The summed E-state index contributed by atoms with van der Waals surface area (Å²) in [7, 11) is 0. The Balaban J connectivity index is 3.40. The van der Waals surface area contributed by atoms with Crippen LogP contribution in [0, 0.1) is 5.82 Å². The molecule has 0 saturated carbocycles. The van der Waals surface area contributed by atoms with Gasteiger partial charge in [0.15, 0.2) is 5.78 Å². The Bertz CT molecular complexity index is 386. The van der Waals surface area contributed by atoms with Gasteiger partial charge in [-0.15, -0.1) is 0 Å². The van der Waals surface area contributed by atoms with Gasteiger partial charge in [0.25, 0.3) is 0 Å². The Kier molecular flexibility index (Phi) is 3.09. The summed E-state index contributed by atoms with van der Waals surface area (Å²) in [6.07, 6.45) is -4.90. The number of Topliss-reactive ketones (excluding diaryl/α,β-unsaturated/α-hetero) is 1. The summed E-state index contributed by atoms with van der Waals surface area (Å²) in [6.45, 7) is -0.591. The lowest BCUT2D eigenvalue weighted by molar-refractivity contribution is -0.140. The molecule has 2 nitrogen and oxygen atoms in total. The molecule has 0 aliphatic rings. The molecule has 1 aromatic carbocycles. The van der Waals surface area contributed by atoms with Gasteiger partial charge in [-0.2, -0.15) is 13.2 Å². The molecule has 0 bridgehead atoms. The van der Waals surface area contributed by atoms with Gasteiger partial charge < -0.3 is 5.73 Å². The number of nitrogens with two attached hydrogens (primary N) is 1. The monoisotopic (exact) mass is 221 g/mol. The summed E-state index contributed by atoms with van der Waals surface area (Å²) in [5.74, 6) is -2.41. The van der Waals surface area contributed by atoms with Crippen LogP contribution in [-0.2, 0) is 6.18 Å². The van der Waals surface area contributed by atoms with Crippen LogP contribution in [0.1, 0.15) is 15.9 Å². The number of hydrogen-bond acceptors (Lipinski definition) is 2. The van der Waals surface area contributed by atoms with Crippen LogP contribution >= 0.6 is 0 Å². The number of benzene rings is 1. The van der Waals surface area contributed by atoms with Crippen molar-refractivity contribution in [3.63, 3.8) is 0 Å². The molecule has 0 saturated heterocycles. The highest BCUT2D eigenvalue weighted by Gasteiger charge is 2.37. The predicted octanol–water partition coefficient (Wildman–Crippen LogP) is 1.99. The number of hydrogen-bond donors (Lipinski definition) is 1. The molecule has 0 aliphatic carbocycles. The maximum Gasteiger partial charge on any atom is 0.419 e. The van der Waals surface area contributed by atoms with E-state index in [2.05, 4.69) is 0 Å². The molecule has 0 heterocycles. The maximum atomic E-state index is 12.9. The first kappa shape index (κ1) is 11.6. The van der Waals surface area contributed by atoms with Gasteiger partial charge in [0, 0.05) is 5.56 Å². The molecule has 0 aliphatic heterocycles. The zero-order valence-electron chi connectivity index (χ0n) is 7.44. The SMILES string of the molecule is NCC(=O)c1cccc(F)c1C(F)(F)F. The number of carbonyl (C=O) groups is 1. The van der Waals surface area contributed by atoms with Crippen molar-refractivity contribution >= 4 is 5.78 Å². The van der Waals surface area contributed by atoms with E-state index in [0.717, 1.165) is 12.1 Å². The van der Waals surface area contributed by atoms with Crippen molar-refractivity contribution in [1.29, 1.82) is 0 Å². The smallest absolute Gasteiger partial charge is 0.324 e. The molecule has 82 valence electrons. The zero-order chi connectivity index (χ0) is 11.6. The van der Waals surface area contributed by atoms with Crippen molar-refractivity contribution in [1.82, 2.24) is 0 Å². The molecular formula is C9H7F4NO. The largest absolute Gasteiger partial charge is 0.419 e. The Morgan fingerprint density at radius 1 is 1.33 bits per heavy atom. The van der Waals surface area contributed by atoms with Crippen LogP contribution in [0.5, 0.6) is 0 Å². The average Bonchev–Trinajstić information content (AvgIpc) is 2.14. The van der Waals surface area contributed by atoms with Crippen LogP contribution in [0.4, 0.5) is 17.6 Å². The number of carbonyl (C=O) groups excluding carboxylic acids is 1. The molecular weight excluding hydrogens is 214 g/mol. The van der Waals surface area contributed by atoms with Crippen molar-refractivity contribution in [2.45, 2.75) is 6.18 Å². The Hall–Kier alpha value is -1.43. The summed E-state index contributed by atoms with van der Waals surface area (Å²) in [5.41, 5.74) is 2.64. The fraction of sp³-hybridized carbons (Fsp3) is 0.222. The van der Waals surface area contributed by atoms with Gasteiger partial charge in [-0.25, -0.2) is 4.39 Å². The maximum absolute atomic E-state index is 12.9. The first-order valence-electron chi connectivity index (χ1n) is 3.97. The highest BCUT2D eigenvalue weighted by Crippen LogP contribution is 2.34. The summed E-state index contributed by atoms with van der Waals surface area (Å²) in [4.78, 5) is 11.0. The highest BCUT2D eigenvalue weighted by molar-refractivity contribution is 5.99. The Morgan fingerprint density at radius 3 is 2.40 bits per heavy atom. The van der Waals surface area contributed by atoms with Crippen molar-refractivity contribution in [3.05, 3.63) is 35.1 Å². The lowest BCUT2D eigenvalue weighted by atomic mass is 10.0. The molecule has 1 rings (SSSR count). The molecule has 0 radical (unpaired) electrons. The van der Waals surface area contributed by atoms with Crippen LogP contribution in [0.15, 0.2) is 18.2 Å². The normalized spacial score (nSPS) is 11.5. The second-order valence-corrected chi connectivity index (χ2v) is 2.79. The lowest BCUT2D eigenvalue weighted by Gasteiger charge is -2.11. The topological polar surface area (TPSA) is 43.1 Å². The molecule has 0 atom stereocenters. The van der Waals surface area contributed by atoms with E-state index in [1.54, 1.807) is 0 Å². The lowest BCUT2D eigenvalue weighted by Crippen LogP contribution is -2.20. The summed E-state index contributed by atoms with van der Waals surface area (Å²) < 4.78 is 50.0. The third kappa shape index (κ3) is 2.33. The second-order valence-electron chi connectivity index (χ2n) is 2.79. The summed E-state index contributed by atoms with van der Waals surface area (Å²) >= 11 is 0. The molecule has 2 N–H and O–H groups in total. The molecule has 15 heavy (non-hydrogen) atoms. The molecule has 6 heteroatoms. The number of alkyl halides is 3. The van der Waals surface area contributed by atoms with Crippen LogP contribution in [-0.4, -0.2) is 12.3 Å². The van der Waals surface area contributed by atoms with Crippen LogP contribution in [0.3, 0.4) is 0 Å². The van der Waals surface area contributed by atoms with Gasteiger partial charge in [0.1, 0.15) is 11.4 Å². The standard InChI is InChI=1S/C9H7F4NO/c10-6-3-1-2-5(7(15)4-14)8(6)9(11,12)13/h1-3H,4,14H2. The molecule has 0 aromatic heterocycles. The van der Waals surface area contributed by atoms with Gasteiger partial charge in [0.05, 0.1) is 6.54 Å². The van der Waals surface area contributed by atoms with E-state index in [1.807, 2.05) is 0 Å². The van der Waals surface area contributed by atoms with Crippen LogP contribution < -0.4 is 5.73 Å². The second kappa shape index (κ2) is 3.98. The van der Waals surface area contributed by atoms with Gasteiger partial charge in [0.2, 0.25) is 0 Å². The van der Waals surface area contributed by atoms with Crippen molar-refractivity contribution in [2.75, 3.05) is 6.54 Å². The Labute approximate surface area is 82.7 Å². The van der Waals surface area contributed by atoms with E-state index in [9.17, 15) is 22.4 Å². The number of halogens is 4. The van der Waals surface area contributed by atoms with E-state index in [0.29, 0.717) is 6.07 Å².